The van der Waals surface area contributed by atoms with E-state index in [2.05, 4.69) is 42.7 Å². The summed E-state index contributed by atoms with van der Waals surface area (Å²) in [6.45, 7) is 8.01. The first kappa shape index (κ1) is 13.1. The van der Waals surface area contributed by atoms with Gasteiger partial charge in [-0.1, -0.05) is 32.0 Å². The molecule has 1 aromatic rings. The van der Waals surface area contributed by atoms with Gasteiger partial charge >= 0.3 is 0 Å². The molecule has 0 bridgehead atoms. The van der Waals surface area contributed by atoms with Gasteiger partial charge in [0.05, 0.1) is 0 Å². The Morgan fingerprint density at radius 2 is 2.21 bits per heavy atom. The Labute approximate surface area is 117 Å². The molecular formula is C17H26N2. The number of nitrogens with one attached hydrogen (secondary N) is 2. The predicted molar refractivity (Wildman–Crippen MR) is 80.8 cm³/mol. The average Bonchev–Trinajstić information content (AvgIpc) is 2.48. The predicted octanol–water partition coefficient (Wildman–Crippen LogP) is 2.40. The normalized spacial score (nSPS) is 30.9. The summed E-state index contributed by atoms with van der Waals surface area (Å²) < 4.78 is 0. The lowest BCUT2D eigenvalue weighted by Gasteiger charge is -2.44. The molecule has 2 nitrogen and oxygen atoms in total. The van der Waals surface area contributed by atoms with Crippen LogP contribution in [-0.4, -0.2) is 25.7 Å². The van der Waals surface area contributed by atoms with Crippen molar-refractivity contribution in [3.63, 3.8) is 0 Å². The fourth-order valence-electron chi connectivity index (χ4n) is 3.88. The van der Waals surface area contributed by atoms with E-state index < -0.39 is 0 Å². The summed E-state index contributed by atoms with van der Waals surface area (Å²) in [5.74, 6) is 0. The molecule has 0 aromatic heterocycles. The molecule has 1 aliphatic heterocycles. The maximum atomic E-state index is 3.74. The third-order valence-electron chi connectivity index (χ3n) is 5.15. The van der Waals surface area contributed by atoms with Gasteiger partial charge in [0.1, 0.15) is 0 Å². The van der Waals surface area contributed by atoms with Crippen LogP contribution in [0.25, 0.3) is 0 Å². The molecule has 0 saturated carbocycles. The molecule has 0 radical (unpaired) electrons. The molecule has 1 aliphatic carbocycles. The van der Waals surface area contributed by atoms with Crippen molar-refractivity contribution >= 4 is 0 Å². The van der Waals surface area contributed by atoms with E-state index in [1.807, 2.05) is 0 Å². The Morgan fingerprint density at radius 3 is 2.95 bits per heavy atom. The molecule has 1 fully saturated rings. The molecule has 0 spiro atoms. The topological polar surface area (TPSA) is 24.1 Å². The van der Waals surface area contributed by atoms with Gasteiger partial charge in [-0.3, -0.25) is 0 Å². The van der Waals surface area contributed by atoms with E-state index in [0.29, 0.717) is 11.5 Å². The smallest absolute Gasteiger partial charge is 0.0287 e. The molecule has 2 atom stereocenters. The van der Waals surface area contributed by atoms with Crippen LogP contribution in [0, 0.1) is 0 Å². The summed E-state index contributed by atoms with van der Waals surface area (Å²) in [5.41, 5.74) is 4.98. The van der Waals surface area contributed by atoms with Crippen molar-refractivity contribution in [2.45, 2.75) is 51.0 Å². The Balaban J connectivity index is 1.96. The van der Waals surface area contributed by atoms with Crippen molar-refractivity contribution < 1.29 is 0 Å². The molecule has 1 saturated heterocycles. The van der Waals surface area contributed by atoms with Crippen molar-refractivity contribution in [1.29, 1.82) is 0 Å². The number of rotatable bonds is 2. The van der Waals surface area contributed by atoms with E-state index in [1.54, 1.807) is 11.1 Å². The number of piperazine rings is 1. The first-order valence-corrected chi connectivity index (χ1v) is 7.80. The Kier molecular flexibility index (Phi) is 3.64. The lowest BCUT2D eigenvalue weighted by molar-refractivity contribution is 0.248. The summed E-state index contributed by atoms with van der Waals surface area (Å²) in [5, 5.41) is 7.28. The SMILES string of the molecule is CCc1ccc2c(c1)CCCC2(C)C1CNCCN1. The molecule has 19 heavy (non-hydrogen) atoms. The van der Waals surface area contributed by atoms with Gasteiger partial charge < -0.3 is 10.6 Å². The third-order valence-corrected chi connectivity index (χ3v) is 5.15. The van der Waals surface area contributed by atoms with Gasteiger partial charge in [0.25, 0.3) is 0 Å². The summed E-state index contributed by atoms with van der Waals surface area (Å²) >= 11 is 0. The van der Waals surface area contributed by atoms with Gasteiger partial charge in [0, 0.05) is 31.1 Å². The van der Waals surface area contributed by atoms with Crippen LogP contribution < -0.4 is 10.6 Å². The third kappa shape index (κ3) is 2.32. The number of hydrogen-bond donors (Lipinski definition) is 2. The van der Waals surface area contributed by atoms with Crippen molar-refractivity contribution in [2.75, 3.05) is 19.6 Å². The highest BCUT2D eigenvalue weighted by molar-refractivity contribution is 5.41. The van der Waals surface area contributed by atoms with Crippen LogP contribution in [0.1, 0.15) is 43.4 Å². The van der Waals surface area contributed by atoms with E-state index in [9.17, 15) is 0 Å². The van der Waals surface area contributed by atoms with E-state index in [4.69, 9.17) is 0 Å². The zero-order valence-corrected chi connectivity index (χ0v) is 12.3. The van der Waals surface area contributed by atoms with E-state index in [-0.39, 0.29) is 0 Å². The van der Waals surface area contributed by atoms with Gasteiger partial charge in [-0.15, -0.1) is 0 Å². The quantitative estimate of drug-likeness (QED) is 0.851. The highest BCUT2D eigenvalue weighted by Crippen LogP contribution is 2.40. The molecule has 2 N–H and O–H groups in total. The number of hydrogen-bond acceptors (Lipinski definition) is 2. The van der Waals surface area contributed by atoms with E-state index in [0.717, 1.165) is 26.1 Å². The molecule has 2 unspecified atom stereocenters. The minimum Gasteiger partial charge on any atom is -0.314 e. The maximum absolute atomic E-state index is 3.74. The highest BCUT2D eigenvalue weighted by Gasteiger charge is 2.39. The number of aryl methyl sites for hydroxylation is 2. The molecule has 2 heteroatoms. The van der Waals surface area contributed by atoms with Crippen molar-refractivity contribution in [1.82, 2.24) is 10.6 Å². The van der Waals surface area contributed by atoms with Crippen LogP contribution in [0.5, 0.6) is 0 Å². The fraction of sp³-hybridized carbons (Fsp3) is 0.647. The molecule has 104 valence electrons. The lowest BCUT2D eigenvalue weighted by atomic mass is 9.66. The monoisotopic (exact) mass is 258 g/mol. The van der Waals surface area contributed by atoms with Gasteiger partial charge in [-0.05, 0) is 42.4 Å². The van der Waals surface area contributed by atoms with Crippen LogP contribution in [0.4, 0.5) is 0 Å². The van der Waals surface area contributed by atoms with Crippen LogP contribution in [0.2, 0.25) is 0 Å². The first-order valence-electron chi connectivity index (χ1n) is 7.80. The zero-order chi connectivity index (χ0) is 13.3. The Morgan fingerprint density at radius 1 is 1.32 bits per heavy atom. The second kappa shape index (κ2) is 5.26. The van der Waals surface area contributed by atoms with E-state index in [1.165, 1.54) is 24.8 Å². The molecule has 1 aromatic carbocycles. The van der Waals surface area contributed by atoms with Gasteiger partial charge in [0.2, 0.25) is 0 Å². The molecular weight excluding hydrogens is 232 g/mol. The van der Waals surface area contributed by atoms with Crippen molar-refractivity contribution in [3.8, 4) is 0 Å². The summed E-state index contributed by atoms with van der Waals surface area (Å²) in [4.78, 5) is 0. The van der Waals surface area contributed by atoms with Crippen LogP contribution in [0.3, 0.4) is 0 Å². The molecule has 2 aliphatic rings. The molecule has 1 heterocycles. The second-order valence-electron chi connectivity index (χ2n) is 6.33. The standard InChI is InChI=1S/C17H26N2/c1-3-13-6-7-15-14(11-13)5-4-8-17(15,2)16-12-18-9-10-19-16/h6-7,11,16,18-19H,3-5,8-10,12H2,1-2H3. The Hall–Kier alpha value is -0.860. The summed E-state index contributed by atoms with van der Waals surface area (Å²) in [6, 6.07) is 7.76. The van der Waals surface area contributed by atoms with Gasteiger partial charge in [-0.25, -0.2) is 0 Å². The minimum absolute atomic E-state index is 0.299. The van der Waals surface area contributed by atoms with Crippen LogP contribution in [-0.2, 0) is 18.3 Å². The lowest BCUT2D eigenvalue weighted by Crippen LogP contribution is -2.58. The van der Waals surface area contributed by atoms with Gasteiger partial charge in [0.15, 0.2) is 0 Å². The largest absolute Gasteiger partial charge is 0.314 e. The van der Waals surface area contributed by atoms with Gasteiger partial charge in [-0.2, -0.15) is 0 Å². The fourth-order valence-corrected chi connectivity index (χ4v) is 3.88. The van der Waals surface area contributed by atoms with Crippen LogP contribution in [0.15, 0.2) is 18.2 Å². The summed E-state index contributed by atoms with van der Waals surface area (Å²) in [6.07, 6.45) is 5.05. The number of benzene rings is 1. The minimum atomic E-state index is 0.299. The van der Waals surface area contributed by atoms with Crippen LogP contribution >= 0.6 is 0 Å². The number of fused-ring (bicyclic) bond motifs is 1. The van der Waals surface area contributed by atoms with Crippen molar-refractivity contribution in [3.05, 3.63) is 34.9 Å². The molecule has 0 amide bonds. The maximum Gasteiger partial charge on any atom is 0.0287 e. The zero-order valence-electron chi connectivity index (χ0n) is 12.3. The van der Waals surface area contributed by atoms with E-state index >= 15 is 0 Å². The molecule has 3 rings (SSSR count). The first-order chi connectivity index (χ1) is 9.24. The second-order valence-corrected chi connectivity index (χ2v) is 6.33. The Bertz CT molecular complexity index is 449. The average molecular weight is 258 g/mol. The van der Waals surface area contributed by atoms with Crippen molar-refractivity contribution in [2.24, 2.45) is 0 Å². The highest BCUT2D eigenvalue weighted by atomic mass is 15.1. The summed E-state index contributed by atoms with van der Waals surface area (Å²) in [7, 11) is 0.